The molecule has 0 aliphatic carbocycles. The van der Waals surface area contributed by atoms with Gasteiger partial charge in [-0.05, 0) is 61.6 Å². The van der Waals surface area contributed by atoms with Crippen molar-refractivity contribution in [3.8, 4) is 0 Å². The molecule has 0 N–H and O–H groups in total. The third-order valence-electron chi connectivity index (χ3n) is 4.78. The highest BCUT2D eigenvalue weighted by Crippen LogP contribution is 2.23. The van der Waals surface area contributed by atoms with E-state index in [4.69, 9.17) is 4.74 Å². The Hall–Kier alpha value is -2.73. The number of hydrogen-bond acceptors (Lipinski definition) is 4. The van der Waals surface area contributed by atoms with Crippen LogP contribution in [0.2, 0.25) is 0 Å². The van der Waals surface area contributed by atoms with E-state index in [1.807, 2.05) is 52.0 Å². The molecule has 1 heterocycles. The number of esters is 1. The van der Waals surface area contributed by atoms with E-state index in [-0.39, 0.29) is 24.8 Å². The lowest BCUT2D eigenvalue weighted by atomic mass is 10.0. The van der Waals surface area contributed by atoms with Crippen LogP contribution in [0.3, 0.4) is 0 Å². The van der Waals surface area contributed by atoms with Crippen LogP contribution in [0.25, 0.3) is 10.2 Å². The van der Waals surface area contributed by atoms with Crippen LogP contribution < -0.4 is 4.80 Å². The minimum absolute atomic E-state index is 0.0230. The van der Waals surface area contributed by atoms with Gasteiger partial charge in [0.15, 0.2) is 4.80 Å². The fourth-order valence-electron chi connectivity index (χ4n) is 3.18. The number of aromatic nitrogens is 1. The molecule has 146 valence electrons. The SMILES string of the molecule is COC(=O)Cn1c(=NC(=O)Cc2ccc(C)c(C)c2)sc2c(C)cc(C)cc21. The molecular formula is C22H24N2O3S. The van der Waals surface area contributed by atoms with Crippen molar-refractivity contribution in [1.82, 2.24) is 4.57 Å². The number of aryl methyl sites for hydroxylation is 4. The summed E-state index contributed by atoms with van der Waals surface area (Å²) >= 11 is 1.42. The molecular weight excluding hydrogens is 372 g/mol. The number of ether oxygens (including phenoxy) is 1. The summed E-state index contributed by atoms with van der Waals surface area (Å²) in [5.74, 6) is -0.607. The van der Waals surface area contributed by atoms with Crippen LogP contribution in [0.4, 0.5) is 0 Å². The fourth-order valence-corrected chi connectivity index (χ4v) is 4.28. The Morgan fingerprint density at radius 1 is 1.04 bits per heavy atom. The lowest BCUT2D eigenvalue weighted by Crippen LogP contribution is -2.22. The van der Waals surface area contributed by atoms with Crippen molar-refractivity contribution in [3.05, 3.63) is 63.0 Å². The lowest BCUT2D eigenvalue weighted by molar-refractivity contribution is -0.141. The molecule has 6 heteroatoms. The molecule has 0 bridgehead atoms. The first-order valence-electron chi connectivity index (χ1n) is 9.09. The Morgan fingerprint density at radius 2 is 1.79 bits per heavy atom. The maximum Gasteiger partial charge on any atom is 0.325 e. The molecule has 28 heavy (non-hydrogen) atoms. The number of thiazole rings is 1. The van der Waals surface area contributed by atoms with Gasteiger partial charge in [0, 0.05) is 0 Å². The summed E-state index contributed by atoms with van der Waals surface area (Å²) in [6.45, 7) is 8.13. The molecule has 0 saturated carbocycles. The summed E-state index contributed by atoms with van der Waals surface area (Å²) in [5, 5.41) is 0. The summed E-state index contributed by atoms with van der Waals surface area (Å²) in [6.07, 6.45) is 0.228. The topological polar surface area (TPSA) is 60.7 Å². The monoisotopic (exact) mass is 396 g/mol. The first-order valence-corrected chi connectivity index (χ1v) is 9.91. The average molecular weight is 397 g/mol. The minimum Gasteiger partial charge on any atom is -0.468 e. The Bertz CT molecular complexity index is 1140. The van der Waals surface area contributed by atoms with Crippen LogP contribution in [-0.2, 0) is 27.3 Å². The molecule has 0 fully saturated rings. The molecule has 0 aliphatic heterocycles. The van der Waals surface area contributed by atoms with Gasteiger partial charge >= 0.3 is 5.97 Å². The van der Waals surface area contributed by atoms with Gasteiger partial charge in [-0.1, -0.05) is 35.6 Å². The predicted molar refractivity (Wildman–Crippen MR) is 111 cm³/mol. The van der Waals surface area contributed by atoms with E-state index in [1.165, 1.54) is 24.0 Å². The standard InChI is InChI=1S/C22H24N2O3S/c1-13-8-16(4)21-18(9-13)24(12-20(26)27-5)22(28-21)23-19(25)11-17-7-6-14(2)15(3)10-17/h6-10H,11-12H2,1-5H3. The van der Waals surface area contributed by atoms with Gasteiger partial charge in [0.25, 0.3) is 5.91 Å². The minimum atomic E-state index is -0.373. The third kappa shape index (κ3) is 4.22. The molecule has 0 spiro atoms. The smallest absolute Gasteiger partial charge is 0.325 e. The van der Waals surface area contributed by atoms with Crippen molar-refractivity contribution in [2.75, 3.05) is 7.11 Å². The molecule has 2 aromatic carbocycles. The van der Waals surface area contributed by atoms with Crippen LogP contribution in [0.15, 0.2) is 35.3 Å². The molecule has 3 rings (SSSR count). The number of nitrogens with zero attached hydrogens (tertiary/aromatic N) is 2. The van der Waals surface area contributed by atoms with E-state index in [9.17, 15) is 9.59 Å². The van der Waals surface area contributed by atoms with Crippen LogP contribution in [0.1, 0.15) is 27.8 Å². The third-order valence-corrected chi connectivity index (χ3v) is 6.01. The van der Waals surface area contributed by atoms with Crippen molar-refractivity contribution < 1.29 is 14.3 Å². The number of methoxy groups -OCH3 is 1. The Morgan fingerprint density at radius 3 is 2.46 bits per heavy atom. The number of benzene rings is 2. The van der Waals surface area contributed by atoms with Crippen LogP contribution >= 0.6 is 11.3 Å². The van der Waals surface area contributed by atoms with Gasteiger partial charge in [-0.15, -0.1) is 0 Å². The second-order valence-corrected chi connectivity index (χ2v) is 8.06. The summed E-state index contributed by atoms with van der Waals surface area (Å²) < 4.78 is 7.62. The summed E-state index contributed by atoms with van der Waals surface area (Å²) in [7, 11) is 1.36. The van der Waals surface area contributed by atoms with E-state index < -0.39 is 0 Å². The number of fused-ring (bicyclic) bond motifs is 1. The Labute approximate surface area is 168 Å². The van der Waals surface area contributed by atoms with Crippen molar-refractivity contribution in [3.63, 3.8) is 0 Å². The average Bonchev–Trinajstić information content (AvgIpc) is 2.95. The predicted octanol–water partition coefficient (Wildman–Crippen LogP) is 3.78. The number of carbonyl (C=O) groups excluding carboxylic acids is 2. The van der Waals surface area contributed by atoms with Crippen LogP contribution in [0.5, 0.6) is 0 Å². The Kier molecular flexibility index (Phi) is 5.79. The molecule has 0 radical (unpaired) electrons. The van der Waals surface area contributed by atoms with E-state index in [2.05, 4.69) is 11.1 Å². The van der Waals surface area contributed by atoms with Gasteiger partial charge in [-0.2, -0.15) is 4.99 Å². The highest BCUT2D eigenvalue weighted by Gasteiger charge is 2.14. The van der Waals surface area contributed by atoms with E-state index >= 15 is 0 Å². The molecule has 0 aliphatic rings. The van der Waals surface area contributed by atoms with Crippen LogP contribution in [-0.4, -0.2) is 23.6 Å². The van der Waals surface area contributed by atoms with Gasteiger partial charge in [0.05, 0.1) is 23.7 Å². The normalized spacial score (nSPS) is 11.8. The fraction of sp³-hybridized carbons (Fsp3) is 0.318. The number of amides is 1. The molecule has 1 aromatic heterocycles. The highest BCUT2D eigenvalue weighted by atomic mass is 32.1. The largest absolute Gasteiger partial charge is 0.468 e. The number of rotatable bonds is 4. The zero-order valence-electron chi connectivity index (χ0n) is 16.8. The lowest BCUT2D eigenvalue weighted by Gasteiger charge is -2.05. The maximum atomic E-state index is 12.6. The van der Waals surface area contributed by atoms with E-state index in [0.717, 1.165) is 32.5 Å². The van der Waals surface area contributed by atoms with E-state index in [0.29, 0.717) is 4.80 Å². The molecule has 5 nitrogen and oxygen atoms in total. The Balaban J connectivity index is 2.05. The summed E-state index contributed by atoms with van der Waals surface area (Å²) in [5.41, 5.74) is 6.37. The first kappa shape index (κ1) is 20.0. The van der Waals surface area contributed by atoms with Crippen LogP contribution in [0, 0.1) is 27.7 Å². The number of hydrogen-bond donors (Lipinski definition) is 0. The zero-order chi connectivity index (χ0) is 20.4. The maximum absolute atomic E-state index is 12.6. The van der Waals surface area contributed by atoms with E-state index in [1.54, 1.807) is 4.57 Å². The molecule has 0 atom stereocenters. The second kappa shape index (κ2) is 8.10. The van der Waals surface area contributed by atoms with Crippen molar-refractivity contribution in [2.24, 2.45) is 4.99 Å². The van der Waals surface area contributed by atoms with Gasteiger partial charge in [0.2, 0.25) is 0 Å². The molecule has 1 amide bonds. The molecule has 0 saturated heterocycles. The zero-order valence-corrected chi connectivity index (χ0v) is 17.6. The number of carbonyl (C=O) groups is 2. The summed E-state index contributed by atoms with van der Waals surface area (Å²) in [4.78, 5) is 29.4. The molecule has 0 unspecified atom stereocenters. The summed E-state index contributed by atoms with van der Waals surface area (Å²) in [6, 6.07) is 10.1. The quantitative estimate of drug-likeness (QED) is 0.631. The van der Waals surface area contributed by atoms with Gasteiger partial charge in [0.1, 0.15) is 6.54 Å². The van der Waals surface area contributed by atoms with Crippen molar-refractivity contribution in [2.45, 2.75) is 40.7 Å². The van der Waals surface area contributed by atoms with Gasteiger partial charge < -0.3 is 9.30 Å². The van der Waals surface area contributed by atoms with Gasteiger partial charge in [-0.25, -0.2) is 0 Å². The van der Waals surface area contributed by atoms with Crippen molar-refractivity contribution >= 4 is 33.4 Å². The first-order chi connectivity index (χ1) is 13.3. The second-order valence-electron chi connectivity index (χ2n) is 7.08. The molecule has 3 aromatic rings. The van der Waals surface area contributed by atoms with Gasteiger partial charge in [-0.3, -0.25) is 9.59 Å². The van der Waals surface area contributed by atoms with Crippen molar-refractivity contribution in [1.29, 1.82) is 0 Å². The highest BCUT2D eigenvalue weighted by molar-refractivity contribution is 7.16.